The van der Waals surface area contributed by atoms with Gasteiger partial charge in [-0.1, -0.05) is 6.07 Å². The van der Waals surface area contributed by atoms with E-state index in [4.69, 9.17) is 14.7 Å². The van der Waals surface area contributed by atoms with Gasteiger partial charge in [-0.3, -0.25) is 19.6 Å². The minimum Gasteiger partial charge on any atom is -0.454 e. The molecule has 2 aromatic carbocycles. The van der Waals surface area contributed by atoms with Crippen molar-refractivity contribution in [3.8, 4) is 11.5 Å². The van der Waals surface area contributed by atoms with Crippen molar-refractivity contribution in [2.45, 2.75) is 12.5 Å². The highest BCUT2D eigenvalue weighted by Gasteiger charge is 2.22. The van der Waals surface area contributed by atoms with Gasteiger partial charge in [-0.15, -0.1) is 11.3 Å². The third kappa shape index (κ3) is 5.77. The molecular weight excluding hydrogens is 460 g/mol. The van der Waals surface area contributed by atoms with E-state index < -0.39 is 23.8 Å². The van der Waals surface area contributed by atoms with E-state index in [2.05, 4.69) is 15.6 Å². The van der Waals surface area contributed by atoms with Crippen LogP contribution in [0.2, 0.25) is 0 Å². The summed E-state index contributed by atoms with van der Waals surface area (Å²) < 4.78 is 10.6. The topological polar surface area (TPSA) is 139 Å². The lowest BCUT2D eigenvalue weighted by Gasteiger charge is -2.17. The second-order valence-electron chi connectivity index (χ2n) is 7.20. The van der Waals surface area contributed by atoms with Crippen LogP contribution in [0.5, 0.6) is 11.5 Å². The zero-order valence-electron chi connectivity index (χ0n) is 17.7. The Morgan fingerprint density at radius 2 is 1.91 bits per heavy atom. The van der Waals surface area contributed by atoms with Gasteiger partial charge in [-0.25, -0.2) is 10.5 Å². The highest BCUT2D eigenvalue weighted by atomic mass is 32.1. The zero-order valence-corrected chi connectivity index (χ0v) is 18.5. The number of ether oxygens (including phenoxy) is 2. The Morgan fingerprint density at radius 1 is 1.12 bits per heavy atom. The molecule has 174 valence electrons. The van der Waals surface area contributed by atoms with Crippen molar-refractivity contribution in [2.24, 2.45) is 0 Å². The lowest BCUT2D eigenvalue weighted by atomic mass is 10.1. The summed E-state index contributed by atoms with van der Waals surface area (Å²) in [5.74, 6) is -0.321. The van der Waals surface area contributed by atoms with Crippen LogP contribution in [0, 0.1) is 0 Å². The van der Waals surface area contributed by atoms with Crippen LogP contribution in [0.1, 0.15) is 21.6 Å². The van der Waals surface area contributed by atoms with E-state index in [0.29, 0.717) is 22.9 Å². The summed E-state index contributed by atoms with van der Waals surface area (Å²) in [5.41, 5.74) is 5.25. The van der Waals surface area contributed by atoms with E-state index in [-0.39, 0.29) is 18.8 Å². The summed E-state index contributed by atoms with van der Waals surface area (Å²) in [6.07, 6.45) is 3.14. The Morgan fingerprint density at radius 3 is 2.65 bits per heavy atom. The lowest BCUT2D eigenvalue weighted by Crippen LogP contribution is -2.44. The van der Waals surface area contributed by atoms with Crippen LogP contribution in [0.15, 0.2) is 59.4 Å². The number of rotatable bonds is 8. The van der Waals surface area contributed by atoms with Crippen LogP contribution < -0.4 is 25.6 Å². The smallest absolute Gasteiger partial charge is 0.274 e. The van der Waals surface area contributed by atoms with Gasteiger partial charge >= 0.3 is 0 Å². The molecule has 0 fully saturated rings. The molecule has 0 radical (unpaired) electrons. The molecule has 0 saturated carbocycles. The molecule has 1 aliphatic heterocycles. The van der Waals surface area contributed by atoms with Crippen molar-refractivity contribution < 1.29 is 29.1 Å². The normalized spacial score (nSPS) is 12.9. The van der Waals surface area contributed by atoms with Gasteiger partial charge in [0.2, 0.25) is 18.6 Å². The van der Waals surface area contributed by atoms with Gasteiger partial charge in [0.25, 0.3) is 5.91 Å². The van der Waals surface area contributed by atoms with E-state index in [1.165, 1.54) is 41.7 Å². The number of thiazole rings is 1. The van der Waals surface area contributed by atoms with Crippen LogP contribution in [0.4, 0.5) is 5.69 Å². The van der Waals surface area contributed by atoms with Crippen molar-refractivity contribution in [1.29, 1.82) is 0 Å². The minimum absolute atomic E-state index is 0.160. The standard InChI is InChI=1S/C23H20N4O6S/c28-21(8-2-14-1-7-19-20(9-14)33-13-32-19)26-18(10-17-11-34-12-24-17)23(30)25-16-5-3-15(4-6-16)22(29)27-31/h1-9,11-12,18,31H,10,13H2,(H,25,30)(H,26,28)(H,27,29)/b8-2+/t18-/m0/s1. The molecule has 10 nitrogen and oxygen atoms in total. The fourth-order valence-electron chi connectivity index (χ4n) is 3.16. The number of amides is 3. The van der Waals surface area contributed by atoms with Crippen LogP contribution in [0.3, 0.4) is 0 Å². The van der Waals surface area contributed by atoms with Gasteiger partial charge in [-0.05, 0) is 48.0 Å². The molecule has 4 N–H and O–H groups in total. The number of carbonyl (C=O) groups excluding carboxylic acids is 3. The van der Waals surface area contributed by atoms with E-state index in [9.17, 15) is 14.4 Å². The van der Waals surface area contributed by atoms with Crippen LogP contribution >= 0.6 is 11.3 Å². The maximum Gasteiger partial charge on any atom is 0.274 e. The fourth-order valence-corrected chi connectivity index (χ4v) is 3.74. The van der Waals surface area contributed by atoms with Gasteiger partial charge in [-0.2, -0.15) is 0 Å². The number of hydroxylamine groups is 1. The minimum atomic E-state index is -0.892. The molecule has 0 aliphatic carbocycles. The number of carbonyl (C=O) groups is 3. The van der Waals surface area contributed by atoms with Gasteiger partial charge in [0, 0.05) is 29.1 Å². The molecule has 0 spiro atoms. The predicted octanol–water partition coefficient (Wildman–Crippen LogP) is 2.37. The van der Waals surface area contributed by atoms with Crippen molar-refractivity contribution in [1.82, 2.24) is 15.8 Å². The van der Waals surface area contributed by atoms with Crippen molar-refractivity contribution >= 4 is 40.8 Å². The highest BCUT2D eigenvalue weighted by molar-refractivity contribution is 7.07. The average Bonchev–Trinajstić information content (AvgIpc) is 3.54. The molecule has 1 aromatic heterocycles. The molecule has 0 unspecified atom stereocenters. The number of aromatic nitrogens is 1. The van der Waals surface area contributed by atoms with E-state index in [0.717, 1.165) is 5.56 Å². The van der Waals surface area contributed by atoms with E-state index >= 15 is 0 Å². The lowest BCUT2D eigenvalue weighted by molar-refractivity contribution is -0.123. The van der Waals surface area contributed by atoms with Crippen LogP contribution in [-0.4, -0.2) is 40.7 Å². The van der Waals surface area contributed by atoms with Crippen molar-refractivity contribution in [2.75, 3.05) is 12.1 Å². The molecule has 1 aliphatic rings. The molecule has 3 aromatic rings. The predicted molar refractivity (Wildman–Crippen MR) is 124 cm³/mol. The number of hydrogen-bond acceptors (Lipinski definition) is 8. The molecule has 4 rings (SSSR count). The highest BCUT2D eigenvalue weighted by Crippen LogP contribution is 2.32. The third-order valence-electron chi connectivity index (χ3n) is 4.87. The van der Waals surface area contributed by atoms with Crippen LogP contribution in [-0.2, 0) is 16.0 Å². The molecule has 11 heteroatoms. The van der Waals surface area contributed by atoms with Crippen molar-refractivity contribution in [3.63, 3.8) is 0 Å². The van der Waals surface area contributed by atoms with Crippen molar-refractivity contribution in [3.05, 3.63) is 76.3 Å². The summed E-state index contributed by atoms with van der Waals surface area (Å²) in [7, 11) is 0. The third-order valence-corrected chi connectivity index (χ3v) is 5.50. The van der Waals surface area contributed by atoms with E-state index in [1.807, 2.05) is 0 Å². The number of fused-ring (bicyclic) bond motifs is 1. The summed E-state index contributed by atoms with van der Waals surface area (Å²) in [6.45, 7) is 0.160. The average molecular weight is 481 g/mol. The zero-order chi connectivity index (χ0) is 23.9. The Kier molecular flexibility index (Phi) is 7.16. The molecule has 2 heterocycles. The summed E-state index contributed by atoms with van der Waals surface area (Å²) in [5, 5.41) is 15.9. The maximum absolute atomic E-state index is 12.9. The summed E-state index contributed by atoms with van der Waals surface area (Å²) in [4.78, 5) is 41.2. The second-order valence-corrected chi connectivity index (χ2v) is 7.92. The number of benzene rings is 2. The molecule has 3 amide bonds. The molecule has 34 heavy (non-hydrogen) atoms. The summed E-state index contributed by atoms with van der Waals surface area (Å²) >= 11 is 1.39. The largest absolute Gasteiger partial charge is 0.454 e. The quantitative estimate of drug-likeness (QED) is 0.221. The summed E-state index contributed by atoms with van der Waals surface area (Å²) in [6, 6.07) is 10.3. The van der Waals surface area contributed by atoms with Gasteiger partial charge < -0.3 is 20.1 Å². The SMILES string of the molecule is O=C(/C=C/c1ccc2c(c1)OCO2)N[C@@H](Cc1cscn1)C(=O)Nc1ccc(C(=O)NO)cc1. The number of hydrogen-bond donors (Lipinski definition) is 4. The van der Waals surface area contributed by atoms with Gasteiger partial charge in [0.05, 0.1) is 11.2 Å². The molecule has 0 bridgehead atoms. The number of anilines is 1. The van der Waals surface area contributed by atoms with Gasteiger partial charge in [0.15, 0.2) is 11.5 Å². The molecule has 1 atom stereocenters. The Hall–Kier alpha value is -4.22. The monoisotopic (exact) mass is 480 g/mol. The Balaban J connectivity index is 1.43. The molecular formula is C23H20N4O6S. The number of nitrogens with zero attached hydrogens (tertiary/aromatic N) is 1. The maximum atomic E-state index is 12.9. The molecule has 0 saturated heterocycles. The second kappa shape index (κ2) is 10.6. The van der Waals surface area contributed by atoms with Gasteiger partial charge in [0.1, 0.15) is 6.04 Å². The Labute approximate surface area is 198 Å². The first-order valence-corrected chi connectivity index (χ1v) is 11.1. The first-order valence-electron chi connectivity index (χ1n) is 10.1. The first-order chi connectivity index (χ1) is 16.5. The van der Waals surface area contributed by atoms with Crippen LogP contribution in [0.25, 0.3) is 6.08 Å². The van der Waals surface area contributed by atoms with E-state index in [1.54, 1.807) is 40.6 Å². The Bertz CT molecular complexity index is 1210. The fraction of sp³-hybridized carbons (Fsp3) is 0.130. The first kappa shape index (κ1) is 23.0. The number of nitrogens with one attached hydrogen (secondary N) is 3.